The Bertz CT molecular complexity index is 782. The summed E-state index contributed by atoms with van der Waals surface area (Å²) >= 11 is 0. The molecule has 1 aromatic carbocycles. The van der Waals surface area contributed by atoms with Crippen molar-refractivity contribution in [1.29, 1.82) is 0 Å². The van der Waals surface area contributed by atoms with E-state index in [0.29, 0.717) is 49.3 Å². The fourth-order valence-electron chi connectivity index (χ4n) is 3.73. The van der Waals surface area contributed by atoms with E-state index in [0.717, 1.165) is 12.1 Å². The summed E-state index contributed by atoms with van der Waals surface area (Å²) in [5.74, 6) is 1.22. The minimum Gasteiger partial charge on any atom is -0.381 e. The lowest BCUT2D eigenvalue weighted by Gasteiger charge is -2.36. The summed E-state index contributed by atoms with van der Waals surface area (Å²) in [6.07, 6.45) is 2.21. The van der Waals surface area contributed by atoms with Crippen LogP contribution in [0, 0.1) is 11.7 Å². The van der Waals surface area contributed by atoms with E-state index in [4.69, 9.17) is 4.74 Å². The summed E-state index contributed by atoms with van der Waals surface area (Å²) in [6, 6.07) is 8.22. The van der Waals surface area contributed by atoms with Crippen molar-refractivity contribution in [3.8, 4) is 0 Å². The van der Waals surface area contributed by atoms with Crippen LogP contribution in [0.5, 0.6) is 0 Å². The zero-order valence-electron chi connectivity index (χ0n) is 14.2. The standard InChI is InChI=1S/C19H22FN3O2/c1-12-9-15(12)16-11-17(23-22-16)21-18(24)19(5-7-25-8-6-19)13-3-2-4-14(20)10-13/h2-4,10-12,15H,5-9H2,1H3,(H2,21,22,23,24)/t12-,15+/m1/s1. The molecule has 1 saturated carbocycles. The van der Waals surface area contributed by atoms with Crippen LogP contribution in [0.4, 0.5) is 10.2 Å². The topological polar surface area (TPSA) is 67.0 Å². The maximum Gasteiger partial charge on any atom is 0.236 e. The molecule has 25 heavy (non-hydrogen) atoms. The number of aromatic nitrogens is 2. The molecule has 1 aliphatic heterocycles. The van der Waals surface area contributed by atoms with Gasteiger partial charge in [0, 0.05) is 30.9 Å². The van der Waals surface area contributed by atoms with Crippen LogP contribution < -0.4 is 5.32 Å². The monoisotopic (exact) mass is 343 g/mol. The lowest BCUT2D eigenvalue weighted by atomic mass is 9.73. The molecule has 1 amide bonds. The summed E-state index contributed by atoms with van der Waals surface area (Å²) in [4.78, 5) is 13.1. The number of amides is 1. The molecule has 2 heterocycles. The number of carbonyl (C=O) groups excluding carboxylic acids is 1. The molecule has 0 bridgehead atoms. The summed E-state index contributed by atoms with van der Waals surface area (Å²) in [5, 5.41) is 10.2. The van der Waals surface area contributed by atoms with Gasteiger partial charge >= 0.3 is 0 Å². The van der Waals surface area contributed by atoms with Gasteiger partial charge < -0.3 is 10.1 Å². The molecule has 0 radical (unpaired) electrons. The maximum atomic E-state index is 13.7. The van der Waals surface area contributed by atoms with Gasteiger partial charge in [-0.2, -0.15) is 5.10 Å². The number of benzene rings is 1. The largest absolute Gasteiger partial charge is 0.381 e. The molecule has 1 aliphatic carbocycles. The SMILES string of the molecule is C[C@@H]1C[C@@H]1c1cc(NC(=O)C2(c3cccc(F)c3)CCOCC2)n[nH]1. The van der Waals surface area contributed by atoms with Crippen molar-refractivity contribution in [3.63, 3.8) is 0 Å². The molecule has 2 N–H and O–H groups in total. The number of rotatable bonds is 4. The Kier molecular flexibility index (Phi) is 4.07. The van der Waals surface area contributed by atoms with E-state index in [1.807, 2.05) is 12.1 Å². The van der Waals surface area contributed by atoms with E-state index in [2.05, 4.69) is 22.4 Å². The minimum absolute atomic E-state index is 0.150. The van der Waals surface area contributed by atoms with Crippen molar-refractivity contribution in [2.75, 3.05) is 18.5 Å². The van der Waals surface area contributed by atoms with Crippen molar-refractivity contribution in [1.82, 2.24) is 10.2 Å². The van der Waals surface area contributed by atoms with Gasteiger partial charge in [0.05, 0.1) is 5.41 Å². The smallest absolute Gasteiger partial charge is 0.236 e. The number of aromatic amines is 1. The van der Waals surface area contributed by atoms with Gasteiger partial charge in [0.15, 0.2) is 5.82 Å². The number of anilines is 1. The normalized spacial score (nSPS) is 24.7. The second-order valence-electron chi connectivity index (χ2n) is 7.19. The minimum atomic E-state index is -0.785. The quantitative estimate of drug-likeness (QED) is 0.894. The number of hydrogen-bond donors (Lipinski definition) is 2. The fraction of sp³-hybridized carbons (Fsp3) is 0.474. The van der Waals surface area contributed by atoms with E-state index in [1.165, 1.54) is 12.1 Å². The second-order valence-corrected chi connectivity index (χ2v) is 7.19. The first-order valence-corrected chi connectivity index (χ1v) is 8.79. The summed E-state index contributed by atoms with van der Waals surface area (Å²) < 4.78 is 19.2. The number of halogens is 1. The van der Waals surface area contributed by atoms with E-state index in [-0.39, 0.29) is 11.7 Å². The van der Waals surface area contributed by atoms with Gasteiger partial charge in [-0.05, 0) is 42.9 Å². The first-order chi connectivity index (χ1) is 12.1. The number of carbonyl (C=O) groups is 1. The molecule has 2 aliphatic rings. The molecular weight excluding hydrogens is 321 g/mol. The van der Waals surface area contributed by atoms with Crippen LogP contribution in [0.3, 0.4) is 0 Å². The Morgan fingerprint density at radius 3 is 2.80 bits per heavy atom. The highest BCUT2D eigenvalue weighted by molar-refractivity contribution is 5.98. The molecule has 1 saturated heterocycles. The average molecular weight is 343 g/mol. The van der Waals surface area contributed by atoms with Crippen LogP contribution >= 0.6 is 0 Å². The van der Waals surface area contributed by atoms with E-state index < -0.39 is 5.41 Å². The summed E-state index contributed by atoms with van der Waals surface area (Å²) in [6.45, 7) is 3.16. The number of hydrogen-bond acceptors (Lipinski definition) is 3. The second kappa shape index (κ2) is 6.26. The third-order valence-electron chi connectivity index (χ3n) is 5.51. The molecule has 0 spiro atoms. The van der Waals surface area contributed by atoms with E-state index in [1.54, 1.807) is 6.07 Å². The van der Waals surface area contributed by atoms with Gasteiger partial charge in [0.2, 0.25) is 5.91 Å². The molecule has 6 heteroatoms. The average Bonchev–Trinajstić information content (AvgIpc) is 3.17. The van der Waals surface area contributed by atoms with Crippen LogP contribution in [0.1, 0.15) is 43.4 Å². The number of H-pyrrole nitrogens is 1. The third-order valence-corrected chi connectivity index (χ3v) is 5.51. The molecule has 2 fully saturated rings. The highest BCUT2D eigenvalue weighted by Crippen LogP contribution is 2.46. The zero-order valence-corrected chi connectivity index (χ0v) is 14.2. The van der Waals surface area contributed by atoms with Crippen molar-refractivity contribution >= 4 is 11.7 Å². The predicted octanol–water partition coefficient (Wildman–Crippen LogP) is 3.36. The lowest BCUT2D eigenvalue weighted by Crippen LogP contribution is -2.45. The Balaban J connectivity index is 1.58. The summed E-state index contributed by atoms with van der Waals surface area (Å²) in [7, 11) is 0. The molecule has 0 unspecified atom stereocenters. The molecule has 5 nitrogen and oxygen atoms in total. The van der Waals surface area contributed by atoms with Gasteiger partial charge in [-0.15, -0.1) is 0 Å². The highest BCUT2D eigenvalue weighted by atomic mass is 19.1. The molecule has 2 aromatic rings. The van der Waals surface area contributed by atoms with Crippen molar-refractivity contribution in [3.05, 3.63) is 47.4 Å². The number of nitrogens with zero attached hydrogens (tertiary/aromatic N) is 1. The molecule has 4 rings (SSSR count). The molecule has 1 aromatic heterocycles. The van der Waals surface area contributed by atoms with Crippen LogP contribution in [0.2, 0.25) is 0 Å². The fourth-order valence-corrected chi connectivity index (χ4v) is 3.73. The van der Waals surface area contributed by atoms with E-state index >= 15 is 0 Å². The first-order valence-electron chi connectivity index (χ1n) is 8.79. The van der Waals surface area contributed by atoms with Gasteiger partial charge in [-0.1, -0.05) is 19.1 Å². The molecule has 2 atom stereocenters. The maximum absolute atomic E-state index is 13.7. The van der Waals surface area contributed by atoms with Gasteiger partial charge in [0.25, 0.3) is 0 Å². The van der Waals surface area contributed by atoms with Crippen molar-refractivity contribution < 1.29 is 13.9 Å². The number of nitrogens with one attached hydrogen (secondary N) is 2. The zero-order chi connectivity index (χ0) is 17.4. The van der Waals surface area contributed by atoms with Crippen LogP contribution in [-0.2, 0) is 14.9 Å². The Morgan fingerprint density at radius 1 is 1.36 bits per heavy atom. The third kappa shape index (κ3) is 3.06. The van der Waals surface area contributed by atoms with Crippen molar-refractivity contribution in [2.45, 2.75) is 37.5 Å². The van der Waals surface area contributed by atoms with Gasteiger partial charge in [0.1, 0.15) is 5.82 Å². The predicted molar refractivity (Wildman–Crippen MR) is 91.9 cm³/mol. The van der Waals surface area contributed by atoms with Gasteiger partial charge in [-0.25, -0.2) is 4.39 Å². The first kappa shape index (κ1) is 16.3. The Labute approximate surface area is 146 Å². The highest BCUT2D eigenvalue weighted by Gasteiger charge is 2.42. The lowest BCUT2D eigenvalue weighted by molar-refractivity contribution is -0.125. The van der Waals surface area contributed by atoms with Crippen LogP contribution in [0.15, 0.2) is 30.3 Å². The van der Waals surface area contributed by atoms with Crippen molar-refractivity contribution in [2.24, 2.45) is 5.92 Å². The Morgan fingerprint density at radius 2 is 2.12 bits per heavy atom. The van der Waals surface area contributed by atoms with Crippen LogP contribution in [-0.4, -0.2) is 29.3 Å². The van der Waals surface area contributed by atoms with Crippen LogP contribution in [0.25, 0.3) is 0 Å². The number of ether oxygens (including phenoxy) is 1. The van der Waals surface area contributed by atoms with E-state index in [9.17, 15) is 9.18 Å². The summed E-state index contributed by atoms with van der Waals surface area (Å²) in [5.41, 5.74) is 0.973. The molecular formula is C19H22FN3O2. The van der Waals surface area contributed by atoms with Gasteiger partial charge in [-0.3, -0.25) is 9.89 Å². The Hall–Kier alpha value is -2.21. The molecule has 132 valence electrons.